The molecule has 0 saturated carbocycles. The number of urea groups is 1. The van der Waals surface area contributed by atoms with Crippen LogP contribution >= 0.6 is 11.6 Å². The number of benzene rings is 1. The third-order valence-corrected chi connectivity index (χ3v) is 7.04. The molecule has 2 atom stereocenters. The van der Waals surface area contributed by atoms with Gasteiger partial charge in [-0.25, -0.2) is 4.79 Å². The predicted octanol–water partition coefficient (Wildman–Crippen LogP) is 3.59. The van der Waals surface area contributed by atoms with Crippen molar-refractivity contribution in [2.24, 2.45) is 5.92 Å². The van der Waals surface area contributed by atoms with Gasteiger partial charge in [0.1, 0.15) is 5.75 Å². The van der Waals surface area contributed by atoms with Crippen molar-refractivity contribution in [3.05, 3.63) is 53.3 Å². The molecule has 0 bridgehead atoms. The van der Waals surface area contributed by atoms with Gasteiger partial charge in [-0.15, -0.1) is 0 Å². The molecule has 0 aliphatic carbocycles. The summed E-state index contributed by atoms with van der Waals surface area (Å²) < 4.78 is 5.25. The number of nitrogens with zero attached hydrogens (tertiary/aromatic N) is 3. The monoisotopic (exact) mass is 485 g/mol. The Balaban J connectivity index is 1.47. The minimum Gasteiger partial charge on any atom is -0.495 e. The summed E-state index contributed by atoms with van der Waals surface area (Å²) in [6.07, 6.45) is 4.12. The molecule has 1 aromatic carbocycles. The van der Waals surface area contributed by atoms with Crippen LogP contribution in [0.5, 0.6) is 5.75 Å². The summed E-state index contributed by atoms with van der Waals surface area (Å²) in [6.45, 7) is 3.03. The van der Waals surface area contributed by atoms with Crippen LogP contribution in [0.3, 0.4) is 0 Å². The zero-order valence-corrected chi connectivity index (χ0v) is 20.4. The quantitative estimate of drug-likeness (QED) is 0.675. The number of likely N-dealkylation sites (tertiary alicyclic amines) is 2. The van der Waals surface area contributed by atoms with Crippen molar-refractivity contribution < 1.29 is 14.3 Å². The van der Waals surface area contributed by atoms with Gasteiger partial charge in [0.25, 0.3) is 0 Å². The van der Waals surface area contributed by atoms with Crippen LogP contribution in [0.15, 0.2) is 42.6 Å². The number of carbonyl (C=O) groups excluding carboxylic acids is 2. The highest BCUT2D eigenvalue weighted by atomic mass is 35.5. The topological polar surface area (TPSA) is 86.8 Å². The fraction of sp³-hybridized carbons (Fsp3) is 0.480. The number of pyridine rings is 1. The van der Waals surface area contributed by atoms with E-state index in [0.29, 0.717) is 36.0 Å². The number of carbonyl (C=O) groups is 2. The number of hydrogen-bond donors (Lipinski definition) is 2. The van der Waals surface area contributed by atoms with Gasteiger partial charge in [0.15, 0.2) is 0 Å². The number of anilines is 1. The molecule has 2 N–H and O–H groups in total. The fourth-order valence-electron chi connectivity index (χ4n) is 4.74. The number of amides is 3. The molecule has 9 heteroatoms. The Hall–Kier alpha value is -2.84. The van der Waals surface area contributed by atoms with Crippen LogP contribution in [-0.2, 0) is 4.79 Å². The molecule has 2 aliphatic heterocycles. The molecule has 1 aromatic heterocycles. The molecule has 8 nitrogen and oxygen atoms in total. The van der Waals surface area contributed by atoms with Crippen LogP contribution in [0, 0.1) is 5.92 Å². The first-order chi connectivity index (χ1) is 16.4. The van der Waals surface area contributed by atoms with Gasteiger partial charge in [-0.1, -0.05) is 11.6 Å². The number of methoxy groups -OCH3 is 1. The van der Waals surface area contributed by atoms with E-state index in [1.54, 1.807) is 37.6 Å². The van der Waals surface area contributed by atoms with Gasteiger partial charge in [-0.05, 0) is 75.8 Å². The number of hydrogen-bond acceptors (Lipinski definition) is 5. The van der Waals surface area contributed by atoms with Crippen molar-refractivity contribution >= 4 is 29.2 Å². The van der Waals surface area contributed by atoms with E-state index in [4.69, 9.17) is 16.3 Å². The lowest BCUT2D eigenvalue weighted by Gasteiger charge is -2.41. The molecule has 0 radical (unpaired) electrons. The Morgan fingerprint density at radius 1 is 1.06 bits per heavy atom. The zero-order chi connectivity index (χ0) is 24.1. The summed E-state index contributed by atoms with van der Waals surface area (Å²) in [4.78, 5) is 34.9. The highest BCUT2D eigenvalue weighted by molar-refractivity contribution is 6.30. The molecule has 3 heterocycles. The number of ether oxygens (including phenoxy) is 1. The second kappa shape index (κ2) is 11.1. The van der Waals surface area contributed by atoms with Crippen molar-refractivity contribution in [2.75, 3.05) is 45.7 Å². The third-order valence-electron chi connectivity index (χ3n) is 6.79. The molecule has 2 saturated heterocycles. The molecule has 4 rings (SSSR count). The summed E-state index contributed by atoms with van der Waals surface area (Å²) in [5.74, 6) is 0.837. The molecule has 3 amide bonds. The predicted molar refractivity (Wildman–Crippen MR) is 132 cm³/mol. The first kappa shape index (κ1) is 24.3. The number of nitrogens with one attached hydrogen (secondary N) is 2. The summed E-state index contributed by atoms with van der Waals surface area (Å²) >= 11 is 5.94. The Kier molecular flexibility index (Phi) is 7.90. The van der Waals surface area contributed by atoms with Crippen LogP contribution in [0.25, 0.3) is 0 Å². The standard InChI is InChI=1S/C25H32ClN5O3/c1-30-12-9-17(10-13-30)24(32)31-14-11-23(21(16-31)22-8-7-20(34-2)15-27-22)29-25(33)28-19-5-3-18(26)4-6-19/h3-8,15,17,21,23H,9-14,16H2,1-2H3,(H2,28,29,33). The first-order valence-electron chi connectivity index (χ1n) is 11.7. The molecular formula is C25H32ClN5O3. The molecule has 2 aliphatic rings. The number of piperidine rings is 2. The summed E-state index contributed by atoms with van der Waals surface area (Å²) in [5, 5.41) is 6.58. The van der Waals surface area contributed by atoms with Crippen LogP contribution in [0.4, 0.5) is 10.5 Å². The Bertz CT molecular complexity index is 977. The third kappa shape index (κ3) is 5.98. The van der Waals surface area contributed by atoms with Gasteiger partial charge < -0.3 is 25.2 Å². The SMILES string of the molecule is COc1ccc(C2CN(C(=O)C3CCN(C)CC3)CCC2NC(=O)Nc2ccc(Cl)cc2)nc1. The highest BCUT2D eigenvalue weighted by Crippen LogP contribution is 2.30. The van der Waals surface area contributed by atoms with E-state index in [2.05, 4.69) is 27.6 Å². The lowest BCUT2D eigenvalue weighted by atomic mass is 9.87. The molecule has 0 spiro atoms. The van der Waals surface area contributed by atoms with Gasteiger partial charge >= 0.3 is 6.03 Å². The van der Waals surface area contributed by atoms with E-state index in [1.165, 1.54) is 0 Å². The number of halogens is 1. The van der Waals surface area contributed by atoms with E-state index >= 15 is 0 Å². The minimum atomic E-state index is -0.291. The van der Waals surface area contributed by atoms with Crippen molar-refractivity contribution in [1.82, 2.24) is 20.1 Å². The van der Waals surface area contributed by atoms with Crippen molar-refractivity contribution in [2.45, 2.75) is 31.2 Å². The second-order valence-electron chi connectivity index (χ2n) is 9.09. The van der Waals surface area contributed by atoms with E-state index < -0.39 is 0 Å². The maximum absolute atomic E-state index is 13.3. The lowest BCUT2D eigenvalue weighted by molar-refractivity contribution is -0.138. The maximum Gasteiger partial charge on any atom is 0.319 e. The van der Waals surface area contributed by atoms with Crippen molar-refractivity contribution in [1.29, 1.82) is 0 Å². The highest BCUT2D eigenvalue weighted by Gasteiger charge is 2.37. The summed E-state index contributed by atoms with van der Waals surface area (Å²) in [7, 11) is 3.70. The van der Waals surface area contributed by atoms with Crippen molar-refractivity contribution in [3.8, 4) is 5.75 Å². The van der Waals surface area contributed by atoms with Gasteiger partial charge in [0.2, 0.25) is 5.91 Å². The Labute approximate surface area is 205 Å². The van der Waals surface area contributed by atoms with Crippen LogP contribution in [-0.4, -0.2) is 73.1 Å². The summed E-state index contributed by atoms with van der Waals surface area (Å²) in [6, 6.07) is 10.3. The van der Waals surface area contributed by atoms with E-state index in [0.717, 1.165) is 31.6 Å². The Morgan fingerprint density at radius 2 is 1.79 bits per heavy atom. The largest absolute Gasteiger partial charge is 0.495 e. The average molecular weight is 486 g/mol. The average Bonchev–Trinajstić information content (AvgIpc) is 2.86. The molecule has 34 heavy (non-hydrogen) atoms. The van der Waals surface area contributed by atoms with E-state index in [-0.39, 0.29) is 29.8 Å². The molecule has 2 unspecified atom stereocenters. The van der Waals surface area contributed by atoms with Crippen LogP contribution in [0.2, 0.25) is 5.02 Å². The first-order valence-corrected chi connectivity index (χ1v) is 12.1. The zero-order valence-electron chi connectivity index (χ0n) is 19.7. The second-order valence-corrected chi connectivity index (χ2v) is 9.53. The van der Waals surface area contributed by atoms with E-state index in [9.17, 15) is 9.59 Å². The number of rotatable bonds is 5. The lowest BCUT2D eigenvalue weighted by Crippen LogP contribution is -2.53. The molecule has 2 aromatic rings. The van der Waals surface area contributed by atoms with E-state index in [1.807, 2.05) is 17.0 Å². The van der Waals surface area contributed by atoms with Gasteiger partial charge in [-0.2, -0.15) is 0 Å². The van der Waals surface area contributed by atoms with Crippen molar-refractivity contribution in [3.63, 3.8) is 0 Å². The van der Waals surface area contributed by atoms with Gasteiger partial charge in [0, 0.05) is 47.4 Å². The minimum absolute atomic E-state index is 0.0680. The summed E-state index contributed by atoms with van der Waals surface area (Å²) in [5.41, 5.74) is 1.49. The van der Waals surface area contributed by atoms with Gasteiger partial charge in [0.05, 0.1) is 13.3 Å². The molecule has 2 fully saturated rings. The fourth-order valence-corrected chi connectivity index (χ4v) is 4.86. The smallest absolute Gasteiger partial charge is 0.319 e. The van der Waals surface area contributed by atoms with Crippen LogP contribution in [0.1, 0.15) is 30.9 Å². The molecular weight excluding hydrogens is 454 g/mol. The number of aromatic nitrogens is 1. The Morgan fingerprint density at radius 3 is 2.44 bits per heavy atom. The van der Waals surface area contributed by atoms with Gasteiger partial charge in [-0.3, -0.25) is 9.78 Å². The van der Waals surface area contributed by atoms with Crippen LogP contribution < -0.4 is 15.4 Å². The normalized spacial score (nSPS) is 21.7. The molecule has 182 valence electrons. The maximum atomic E-state index is 13.3.